The van der Waals surface area contributed by atoms with Crippen LogP contribution in [0.1, 0.15) is 23.6 Å². The first-order valence-electron chi connectivity index (χ1n) is 9.87. The van der Waals surface area contributed by atoms with Crippen molar-refractivity contribution in [2.45, 2.75) is 31.8 Å². The van der Waals surface area contributed by atoms with Crippen LogP contribution in [0.4, 0.5) is 5.69 Å². The first kappa shape index (κ1) is 20.1. The monoisotopic (exact) mass is 417 g/mol. The van der Waals surface area contributed by atoms with E-state index >= 15 is 0 Å². The molecule has 0 unspecified atom stereocenters. The van der Waals surface area contributed by atoms with Gasteiger partial charge in [-0.1, -0.05) is 67.2 Å². The van der Waals surface area contributed by atoms with Gasteiger partial charge in [0.1, 0.15) is 11.4 Å². The van der Waals surface area contributed by atoms with E-state index < -0.39 is 0 Å². The quantitative estimate of drug-likeness (QED) is 0.355. The maximum Gasteiger partial charge on any atom is 0.234 e. The molecule has 0 fully saturated rings. The van der Waals surface area contributed by atoms with Crippen LogP contribution in [0.2, 0.25) is 0 Å². The molecule has 2 heterocycles. The Morgan fingerprint density at radius 1 is 1.10 bits per heavy atom. The third-order valence-electron chi connectivity index (χ3n) is 4.92. The maximum atomic E-state index is 12.6. The van der Waals surface area contributed by atoms with Crippen molar-refractivity contribution in [2.75, 3.05) is 11.1 Å². The van der Waals surface area contributed by atoms with Gasteiger partial charge in [0, 0.05) is 5.69 Å². The van der Waals surface area contributed by atoms with Crippen molar-refractivity contribution in [3.05, 3.63) is 77.7 Å². The second kappa shape index (κ2) is 9.09. The number of thioether (sulfide) groups is 1. The van der Waals surface area contributed by atoms with E-state index in [0.29, 0.717) is 6.54 Å². The van der Waals surface area contributed by atoms with Gasteiger partial charge >= 0.3 is 0 Å². The SMILES string of the molecule is CCc1cccc(C)c1NC(=O)CSc1ncnc2c1cnn2Cc1ccccc1. The molecule has 1 amide bonds. The second-order valence-corrected chi connectivity index (χ2v) is 7.97. The number of aryl methyl sites for hydroxylation is 2. The minimum Gasteiger partial charge on any atom is -0.325 e. The van der Waals surface area contributed by atoms with Crippen LogP contribution in [0, 0.1) is 6.92 Å². The van der Waals surface area contributed by atoms with E-state index in [4.69, 9.17) is 0 Å². The Kier molecular flexibility index (Phi) is 6.09. The van der Waals surface area contributed by atoms with Crippen LogP contribution in [0.15, 0.2) is 66.1 Å². The number of anilines is 1. The number of amides is 1. The number of nitrogens with zero attached hydrogens (tertiary/aromatic N) is 4. The number of hydrogen-bond donors (Lipinski definition) is 1. The van der Waals surface area contributed by atoms with Gasteiger partial charge in [0.05, 0.1) is 23.9 Å². The summed E-state index contributed by atoms with van der Waals surface area (Å²) in [6, 6.07) is 16.2. The predicted molar refractivity (Wildman–Crippen MR) is 121 cm³/mol. The first-order valence-corrected chi connectivity index (χ1v) is 10.9. The van der Waals surface area contributed by atoms with E-state index in [9.17, 15) is 4.79 Å². The molecule has 0 saturated heterocycles. The third-order valence-corrected chi connectivity index (χ3v) is 5.92. The summed E-state index contributed by atoms with van der Waals surface area (Å²) in [6.45, 7) is 4.74. The lowest BCUT2D eigenvalue weighted by molar-refractivity contribution is -0.113. The largest absolute Gasteiger partial charge is 0.325 e. The molecule has 30 heavy (non-hydrogen) atoms. The fourth-order valence-electron chi connectivity index (χ4n) is 3.37. The van der Waals surface area contributed by atoms with Crippen LogP contribution < -0.4 is 5.32 Å². The van der Waals surface area contributed by atoms with Gasteiger partial charge in [-0.05, 0) is 30.0 Å². The highest BCUT2D eigenvalue weighted by Crippen LogP contribution is 2.26. The zero-order valence-corrected chi connectivity index (χ0v) is 17.8. The highest BCUT2D eigenvalue weighted by molar-refractivity contribution is 8.00. The number of benzene rings is 2. The molecule has 6 nitrogen and oxygen atoms in total. The number of hydrogen-bond acceptors (Lipinski definition) is 5. The highest BCUT2D eigenvalue weighted by Gasteiger charge is 2.14. The van der Waals surface area contributed by atoms with Crippen LogP contribution in [0.5, 0.6) is 0 Å². The van der Waals surface area contributed by atoms with Crippen molar-refractivity contribution in [3.8, 4) is 0 Å². The molecule has 0 atom stereocenters. The van der Waals surface area contributed by atoms with Crippen molar-refractivity contribution in [1.82, 2.24) is 19.7 Å². The molecule has 0 aliphatic carbocycles. The smallest absolute Gasteiger partial charge is 0.234 e. The molecule has 2 aromatic heterocycles. The van der Waals surface area contributed by atoms with Gasteiger partial charge in [0.15, 0.2) is 5.65 Å². The molecule has 0 radical (unpaired) electrons. The zero-order chi connectivity index (χ0) is 20.9. The standard InChI is InChI=1S/C23H23N5OS/c1-3-18-11-7-8-16(2)21(18)27-20(29)14-30-23-19-12-26-28(22(19)24-15-25-23)13-17-9-5-4-6-10-17/h4-12,15H,3,13-14H2,1-2H3,(H,27,29). The third kappa shape index (κ3) is 4.36. The van der Waals surface area contributed by atoms with Crippen molar-refractivity contribution < 1.29 is 4.79 Å². The summed E-state index contributed by atoms with van der Waals surface area (Å²) in [6.07, 6.45) is 4.18. The van der Waals surface area contributed by atoms with Gasteiger partial charge < -0.3 is 5.32 Å². The van der Waals surface area contributed by atoms with E-state index in [0.717, 1.165) is 44.9 Å². The number of aromatic nitrogens is 4. The van der Waals surface area contributed by atoms with Crippen molar-refractivity contribution in [1.29, 1.82) is 0 Å². The summed E-state index contributed by atoms with van der Waals surface area (Å²) in [5.41, 5.74) is 5.04. The summed E-state index contributed by atoms with van der Waals surface area (Å²) in [7, 11) is 0. The first-order chi connectivity index (χ1) is 14.7. The van der Waals surface area contributed by atoms with Gasteiger partial charge in [-0.3, -0.25) is 4.79 Å². The normalized spacial score (nSPS) is 11.0. The molecule has 2 aromatic carbocycles. The fourth-order valence-corrected chi connectivity index (χ4v) is 4.13. The lowest BCUT2D eigenvalue weighted by Gasteiger charge is -2.12. The topological polar surface area (TPSA) is 72.7 Å². The molecule has 152 valence electrons. The summed E-state index contributed by atoms with van der Waals surface area (Å²) < 4.78 is 1.86. The Hall–Kier alpha value is -3.19. The van der Waals surface area contributed by atoms with Gasteiger partial charge in [-0.25, -0.2) is 14.6 Å². The molecule has 0 saturated carbocycles. The van der Waals surface area contributed by atoms with E-state index in [1.807, 2.05) is 48.0 Å². The molecule has 1 N–H and O–H groups in total. The van der Waals surface area contributed by atoms with Gasteiger partial charge in [0.25, 0.3) is 0 Å². The molecular formula is C23H23N5OS. The molecule has 0 spiro atoms. The lowest BCUT2D eigenvalue weighted by Crippen LogP contribution is -2.16. The van der Waals surface area contributed by atoms with Crippen molar-refractivity contribution >= 4 is 34.4 Å². The van der Waals surface area contributed by atoms with Crippen molar-refractivity contribution in [2.24, 2.45) is 0 Å². The summed E-state index contributed by atoms with van der Waals surface area (Å²) in [5.74, 6) is 0.223. The van der Waals surface area contributed by atoms with E-state index in [-0.39, 0.29) is 11.7 Å². The number of carbonyl (C=O) groups is 1. The Morgan fingerprint density at radius 3 is 2.73 bits per heavy atom. The second-order valence-electron chi connectivity index (χ2n) is 7.00. The lowest BCUT2D eigenvalue weighted by atomic mass is 10.1. The number of para-hydroxylation sites is 1. The fraction of sp³-hybridized carbons (Fsp3) is 0.217. The van der Waals surface area contributed by atoms with E-state index in [2.05, 4.69) is 39.4 Å². The van der Waals surface area contributed by atoms with Crippen LogP contribution >= 0.6 is 11.8 Å². The average molecular weight is 418 g/mol. The van der Waals surface area contributed by atoms with Crippen molar-refractivity contribution in [3.63, 3.8) is 0 Å². The number of fused-ring (bicyclic) bond motifs is 1. The Labute approximate surface area is 179 Å². The average Bonchev–Trinajstić information content (AvgIpc) is 3.18. The number of nitrogens with one attached hydrogen (secondary N) is 1. The van der Waals surface area contributed by atoms with Crippen LogP contribution in [0.3, 0.4) is 0 Å². The number of rotatable bonds is 7. The minimum atomic E-state index is -0.0487. The van der Waals surface area contributed by atoms with Gasteiger partial charge in [0.2, 0.25) is 5.91 Å². The van der Waals surface area contributed by atoms with Gasteiger partial charge in [-0.15, -0.1) is 0 Å². The van der Waals surface area contributed by atoms with Gasteiger partial charge in [-0.2, -0.15) is 5.10 Å². The molecule has 4 rings (SSSR count). The molecule has 4 aromatic rings. The predicted octanol–water partition coefficient (Wildman–Crippen LogP) is 4.48. The van der Waals surface area contributed by atoms with Crippen LogP contribution in [-0.4, -0.2) is 31.4 Å². The summed E-state index contributed by atoms with van der Waals surface area (Å²) >= 11 is 1.40. The maximum absolute atomic E-state index is 12.6. The molecular weight excluding hydrogens is 394 g/mol. The number of carbonyl (C=O) groups excluding carboxylic acids is 1. The van der Waals surface area contributed by atoms with Crippen LogP contribution in [-0.2, 0) is 17.8 Å². The summed E-state index contributed by atoms with van der Waals surface area (Å²) in [5, 5.41) is 9.16. The van der Waals surface area contributed by atoms with E-state index in [1.165, 1.54) is 18.1 Å². The zero-order valence-electron chi connectivity index (χ0n) is 17.0. The van der Waals surface area contributed by atoms with E-state index in [1.54, 1.807) is 6.20 Å². The molecule has 0 bridgehead atoms. The minimum absolute atomic E-state index is 0.0487. The Morgan fingerprint density at radius 2 is 1.93 bits per heavy atom. The summed E-state index contributed by atoms with van der Waals surface area (Å²) in [4.78, 5) is 21.4. The molecule has 0 aliphatic rings. The molecule has 7 heteroatoms. The molecule has 0 aliphatic heterocycles. The highest BCUT2D eigenvalue weighted by atomic mass is 32.2. The Balaban J connectivity index is 1.48. The van der Waals surface area contributed by atoms with Crippen LogP contribution in [0.25, 0.3) is 11.0 Å². The Bertz CT molecular complexity index is 1170.